The summed E-state index contributed by atoms with van der Waals surface area (Å²) >= 11 is 0. The van der Waals surface area contributed by atoms with Crippen molar-refractivity contribution in [2.75, 3.05) is 24.5 Å². The van der Waals surface area contributed by atoms with E-state index in [4.69, 9.17) is 5.73 Å². The molecule has 6 heteroatoms. The highest BCUT2D eigenvalue weighted by Gasteiger charge is 2.49. The fourth-order valence-electron chi connectivity index (χ4n) is 5.80. The van der Waals surface area contributed by atoms with Crippen molar-refractivity contribution in [3.63, 3.8) is 0 Å². The minimum atomic E-state index is -1.29. The molecule has 2 aromatic carbocycles. The van der Waals surface area contributed by atoms with Gasteiger partial charge in [-0.3, -0.25) is 14.5 Å². The minimum Gasteiger partial charge on any atom is -0.381 e. The number of hydrogen-bond donors (Lipinski definition) is 2. The van der Waals surface area contributed by atoms with Gasteiger partial charge in [0.25, 0.3) is 0 Å². The average Bonchev–Trinajstić information content (AvgIpc) is 3.67. The first-order valence-electron chi connectivity index (χ1n) is 12.6. The lowest BCUT2D eigenvalue weighted by molar-refractivity contribution is -0.133. The first-order chi connectivity index (χ1) is 16.4. The SMILES string of the molecule is CCc1ccc(C(C(O)C(N)=O)N2CCC3(CCN(c4ccc(C5CC5)cc4)C3=O)CC2)cc1. The minimum absolute atomic E-state index is 0.214. The predicted octanol–water partition coefficient (Wildman–Crippen LogP) is 3.53. The summed E-state index contributed by atoms with van der Waals surface area (Å²) in [5.41, 5.74) is 9.61. The largest absolute Gasteiger partial charge is 0.381 e. The molecule has 0 aromatic heterocycles. The number of anilines is 1. The Morgan fingerprint density at radius 1 is 1.03 bits per heavy atom. The zero-order chi connectivity index (χ0) is 23.9. The maximum atomic E-state index is 13.6. The number of hydrogen-bond acceptors (Lipinski definition) is 4. The monoisotopic (exact) mass is 461 g/mol. The Labute approximate surface area is 201 Å². The molecule has 3 N–H and O–H groups in total. The van der Waals surface area contributed by atoms with Gasteiger partial charge in [0.05, 0.1) is 11.5 Å². The summed E-state index contributed by atoms with van der Waals surface area (Å²) < 4.78 is 0. The lowest BCUT2D eigenvalue weighted by Gasteiger charge is -2.42. The summed E-state index contributed by atoms with van der Waals surface area (Å²) in [7, 11) is 0. The summed E-state index contributed by atoms with van der Waals surface area (Å²) in [6, 6.07) is 16.1. The van der Waals surface area contributed by atoms with Crippen LogP contribution in [0.25, 0.3) is 0 Å². The Kier molecular flexibility index (Phi) is 6.21. The van der Waals surface area contributed by atoms with Crippen molar-refractivity contribution in [1.82, 2.24) is 4.90 Å². The number of piperidine rings is 1. The van der Waals surface area contributed by atoms with Gasteiger partial charge < -0.3 is 15.7 Å². The van der Waals surface area contributed by atoms with Crippen LogP contribution in [0.4, 0.5) is 5.69 Å². The van der Waals surface area contributed by atoms with Gasteiger partial charge in [-0.05, 0) is 86.4 Å². The van der Waals surface area contributed by atoms with Crippen LogP contribution in [0, 0.1) is 5.41 Å². The second kappa shape index (κ2) is 9.16. The molecule has 3 fully saturated rings. The smallest absolute Gasteiger partial charge is 0.248 e. The first kappa shape index (κ1) is 23.1. The number of nitrogens with zero attached hydrogens (tertiary/aromatic N) is 2. The number of aryl methyl sites for hydroxylation is 1. The molecule has 34 heavy (non-hydrogen) atoms. The summed E-state index contributed by atoms with van der Waals surface area (Å²) in [5.74, 6) is 0.203. The van der Waals surface area contributed by atoms with Crippen LogP contribution in [0.5, 0.6) is 0 Å². The van der Waals surface area contributed by atoms with E-state index in [1.807, 2.05) is 29.2 Å². The third kappa shape index (κ3) is 4.25. The second-order valence-corrected chi connectivity index (χ2v) is 10.3. The van der Waals surface area contributed by atoms with Gasteiger partial charge in [-0.25, -0.2) is 0 Å². The maximum Gasteiger partial charge on any atom is 0.248 e. The first-order valence-corrected chi connectivity index (χ1v) is 12.6. The molecule has 2 aromatic rings. The van der Waals surface area contributed by atoms with Crippen molar-refractivity contribution in [2.24, 2.45) is 11.1 Å². The Morgan fingerprint density at radius 3 is 2.21 bits per heavy atom. The number of nitrogens with two attached hydrogens (primary N) is 1. The van der Waals surface area contributed by atoms with Gasteiger partial charge in [0.15, 0.2) is 6.10 Å². The van der Waals surface area contributed by atoms with Crippen molar-refractivity contribution in [3.05, 3.63) is 65.2 Å². The van der Waals surface area contributed by atoms with Crippen LogP contribution in [0.3, 0.4) is 0 Å². The summed E-state index contributed by atoms with van der Waals surface area (Å²) in [6.07, 6.45) is 4.47. The maximum absolute atomic E-state index is 13.6. The molecule has 1 aliphatic carbocycles. The summed E-state index contributed by atoms with van der Waals surface area (Å²) in [6.45, 7) is 4.13. The molecule has 1 saturated carbocycles. The van der Waals surface area contributed by atoms with E-state index in [1.165, 1.54) is 24.0 Å². The molecule has 2 aliphatic heterocycles. The van der Waals surface area contributed by atoms with Gasteiger partial charge in [0, 0.05) is 12.2 Å². The highest BCUT2D eigenvalue weighted by atomic mass is 16.3. The lowest BCUT2D eigenvalue weighted by atomic mass is 9.76. The van der Waals surface area contributed by atoms with Gasteiger partial charge in [-0.2, -0.15) is 0 Å². The van der Waals surface area contributed by atoms with Gasteiger partial charge in [0.1, 0.15) is 0 Å². The van der Waals surface area contributed by atoms with E-state index in [0.717, 1.165) is 43.5 Å². The highest BCUT2D eigenvalue weighted by molar-refractivity contribution is 6.00. The van der Waals surface area contributed by atoms with E-state index < -0.39 is 18.1 Å². The molecule has 0 radical (unpaired) electrons. The number of rotatable bonds is 7. The van der Waals surface area contributed by atoms with Crippen molar-refractivity contribution in [2.45, 2.75) is 63.5 Å². The normalized spacial score (nSPS) is 22.2. The molecular weight excluding hydrogens is 426 g/mol. The van der Waals surface area contributed by atoms with Gasteiger partial charge in [-0.1, -0.05) is 43.3 Å². The number of carbonyl (C=O) groups excluding carboxylic acids is 2. The van der Waals surface area contributed by atoms with Crippen LogP contribution in [-0.4, -0.2) is 47.6 Å². The van der Waals surface area contributed by atoms with E-state index in [0.29, 0.717) is 19.0 Å². The number of likely N-dealkylation sites (tertiary alicyclic amines) is 1. The molecule has 2 heterocycles. The molecule has 5 rings (SSSR count). The number of amides is 2. The predicted molar refractivity (Wildman–Crippen MR) is 132 cm³/mol. The fourth-order valence-corrected chi connectivity index (χ4v) is 5.80. The molecule has 180 valence electrons. The number of primary amides is 1. The number of benzene rings is 2. The van der Waals surface area contributed by atoms with Gasteiger partial charge in [0.2, 0.25) is 11.8 Å². The standard InChI is InChI=1S/C28H35N3O3/c1-2-19-3-5-22(6-4-19)24(25(32)26(29)33)30-16-13-28(14-17-30)15-18-31(27(28)34)23-11-9-21(10-12-23)20-7-8-20/h3-6,9-12,20,24-25,32H,2,7-8,13-18H2,1H3,(H2,29,33). The molecular formula is C28H35N3O3. The Bertz CT molecular complexity index is 1040. The molecule has 2 atom stereocenters. The van der Waals surface area contributed by atoms with E-state index in [-0.39, 0.29) is 11.3 Å². The molecule has 6 nitrogen and oxygen atoms in total. The second-order valence-electron chi connectivity index (χ2n) is 10.3. The van der Waals surface area contributed by atoms with Crippen molar-refractivity contribution in [3.8, 4) is 0 Å². The zero-order valence-corrected chi connectivity index (χ0v) is 20.0. The fraction of sp³-hybridized carbons (Fsp3) is 0.500. The van der Waals surface area contributed by atoms with Crippen LogP contribution >= 0.6 is 0 Å². The summed E-state index contributed by atoms with van der Waals surface area (Å²) in [5, 5.41) is 10.7. The van der Waals surface area contributed by atoms with E-state index in [1.54, 1.807) is 0 Å². The summed E-state index contributed by atoms with van der Waals surface area (Å²) in [4.78, 5) is 29.6. The lowest BCUT2D eigenvalue weighted by Crippen LogP contribution is -2.50. The zero-order valence-electron chi connectivity index (χ0n) is 20.0. The number of aliphatic hydroxyl groups excluding tert-OH is 1. The van der Waals surface area contributed by atoms with Crippen LogP contribution < -0.4 is 10.6 Å². The molecule has 2 amide bonds. The van der Waals surface area contributed by atoms with Crippen molar-refractivity contribution >= 4 is 17.5 Å². The van der Waals surface area contributed by atoms with E-state index >= 15 is 0 Å². The topological polar surface area (TPSA) is 86.9 Å². The quantitative estimate of drug-likeness (QED) is 0.660. The third-order valence-electron chi connectivity index (χ3n) is 8.23. The Hall–Kier alpha value is -2.70. The Balaban J connectivity index is 1.29. The van der Waals surface area contributed by atoms with Gasteiger partial charge >= 0.3 is 0 Å². The Morgan fingerprint density at radius 2 is 1.65 bits per heavy atom. The molecule has 1 spiro atoms. The molecule has 2 saturated heterocycles. The average molecular weight is 462 g/mol. The van der Waals surface area contributed by atoms with Crippen LogP contribution in [-0.2, 0) is 16.0 Å². The number of aliphatic hydroxyl groups is 1. The molecule has 0 bridgehead atoms. The van der Waals surface area contributed by atoms with Crippen LogP contribution in [0.15, 0.2) is 48.5 Å². The van der Waals surface area contributed by atoms with E-state index in [2.05, 4.69) is 36.1 Å². The number of carbonyl (C=O) groups is 2. The van der Waals surface area contributed by atoms with E-state index in [9.17, 15) is 14.7 Å². The molecule has 3 aliphatic rings. The van der Waals surface area contributed by atoms with Crippen molar-refractivity contribution < 1.29 is 14.7 Å². The third-order valence-corrected chi connectivity index (χ3v) is 8.23. The van der Waals surface area contributed by atoms with Gasteiger partial charge in [-0.15, -0.1) is 0 Å². The van der Waals surface area contributed by atoms with Crippen LogP contribution in [0.1, 0.15) is 67.7 Å². The van der Waals surface area contributed by atoms with Crippen LogP contribution in [0.2, 0.25) is 0 Å². The highest BCUT2D eigenvalue weighted by Crippen LogP contribution is 2.45. The van der Waals surface area contributed by atoms with Crippen molar-refractivity contribution in [1.29, 1.82) is 0 Å². The molecule has 2 unspecified atom stereocenters.